The summed E-state index contributed by atoms with van der Waals surface area (Å²) in [5.74, 6) is -1.04. The molecule has 1 aliphatic rings. The summed E-state index contributed by atoms with van der Waals surface area (Å²) in [4.78, 5) is 35.4. The van der Waals surface area contributed by atoms with Crippen LogP contribution in [0.15, 0.2) is 18.2 Å². The molecule has 1 amide bonds. The van der Waals surface area contributed by atoms with E-state index in [9.17, 15) is 14.4 Å². The van der Waals surface area contributed by atoms with Crippen LogP contribution in [0.25, 0.3) is 0 Å². The van der Waals surface area contributed by atoms with Gasteiger partial charge in [-0.25, -0.2) is 14.4 Å². The topological polar surface area (TPSA) is 90.9 Å². The number of rotatable bonds is 3. The van der Waals surface area contributed by atoms with Crippen molar-refractivity contribution >= 4 is 18.0 Å². The maximum absolute atomic E-state index is 12.2. The van der Waals surface area contributed by atoms with Gasteiger partial charge in [0.05, 0.1) is 26.9 Å². The molecule has 0 radical (unpaired) electrons. The summed E-state index contributed by atoms with van der Waals surface area (Å²) >= 11 is 0. The van der Waals surface area contributed by atoms with E-state index in [-0.39, 0.29) is 0 Å². The molecule has 2 rings (SSSR count). The summed E-state index contributed by atoms with van der Waals surface area (Å²) in [5, 5.41) is 2.56. The standard InChI is InChI=1S/C15H17NO6/c1-20-12(17)10-4-5-11-9(8-10)6-7-15(11,13(18)21-2)16-14(19)22-3/h4-5,8H,6-7H2,1-3H3,(H,16,19)/t15-/m0/s1. The average molecular weight is 307 g/mol. The van der Waals surface area contributed by atoms with E-state index in [1.165, 1.54) is 21.3 Å². The van der Waals surface area contributed by atoms with Crippen LogP contribution < -0.4 is 5.32 Å². The SMILES string of the molecule is COC(=O)N[C@@]1(C(=O)OC)CCc2cc(C(=O)OC)ccc21. The highest BCUT2D eigenvalue weighted by molar-refractivity contribution is 5.92. The highest BCUT2D eigenvalue weighted by Crippen LogP contribution is 2.38. The van der Waals surface area contributed by atoms with Gasteiger partial charge in [0.2, 0.25) is 0 Å². The summed E-state index contributed by atoms with van der Waals surface area (Å²) in [6.07, 6.45) is 0.115. The maximum atomic E-state index is 12.2. The molecule has 0 unspecified atom stereocenters. The molecule has 7 heteroatoms. The minimum absolute atomic E-state index is 0.328. The number of carbonyl (C=O) groups excluding carboxylic acids is 3. The molecule has 0 aromatic heterocycles. The Morgan fingerprint density at radius 2 is 1.82 bits per heavy atom. The van der Waals surface area contributed by atoms with Crippen molar-refractivity contribution in [2.45, 2.75) is 18.4 Å². The molecular formula is C15H17NO6. The van der Waals surface area contributed by atoms with Gasteiger partial charge in [-0.2, -0.15) is 0 Å². The Morgan fingerprint density at radius 3 is 2.41 bits per heavy atom. The number of ether oxygens (including phenoxy) is 3. The van der Waals surface area contributed by atoms with Crippen LogP contribution in [0.2, 0.25) is 0 Å². The van der Waals surface area contributed by atoms with Crippen LogP contribution in [-0.4, -0.2) is 39.4 Å². The second kappa shape index (κ2) is 6.05. The molecule has 1 N–H and O–H groups in total. The molecule has 0 bridgehead atoms. The van der Waals surface area contributed by atoms with Gasteiger partial charge in [-0.3, -0.25) is 0 Å². The molecule has 22 heavy (non-hydrogen) atoms. The fraction of sp³-hybridized carbons (Fsp3) is 0.400. The third-order valence-corrected chi connectivity index (χ3v) is 3.79. The van der Waals surface area contributed by atoms with Crippen molar-refractivity contribution in [3.63, 3.8) is 0 Å². The summed E-state index contributed by atoms with van der Waals surface area (Å²) in [6, 6.07) is 4.83. The quantitative estimate of drug-likeness (QED) is 0.665. The van der Waals surface area contributed by atoms with Crippen LogP contribution >= 0.6 is 0 Å². The van der Waals surface area contributed by atoms with Crippen molar-refractivity contribution in [2.24, 2.45) is 0 Å². The largest absolute Gasteiger partial charge is 0.467 e. The van der Waals surface area contributed by atoms with Gasteiger partial charge in [0.15, 0.2) is 5.54 Å². The minimum atomic E-state index is -1.30. The predicted octanol–water partition coefficient (Wildman–Crippen LogP) is 1.14. The highest BCUT2D eigenvalue weighted by Gasteiger charge is 2.48. The van der Waals surface area contributed by atoms with Gasteiger partial charge in [0.1, 0.15) is 0 Å². The Morgan fingerprint density at radius 1 is 1.09 bits per heavy atom. The minimum Gasteiger partial charge on any atom is -0.467 e. The first-order chi connectivity index (χ1) is 10.5. The van der Waals surface area contributed by atoms with Gasteiger partial charge in [0, 0.05) is 0 Å². The van der Waals surface area contributed by atoms with Gasteiger partial charge in [-0.1, -0.05) is 6.07 Å². The first kappa shape index (κ1) is 15.8. The zero-order chi connectivity index (χ0) is 16.3. The van der Waals surface area contributed by atoms with Gasteiger partial charge in [0.25, 0.3) is 0 Å². The smallest absolute Gasteiger partial charge is 0.408 e. The highest BCUT2D eigenvalue weighted by atomic mass is 16.5. The van der Waals surface area contributed by atoms with Crippen LogP contribution in [0.4, 0.5) is 4.79 Å². The number of alkyl carbamates (subject to hydrolysis) is 1. The van der Waals surface area contributed by atoms with E-state index in [0.717, 1.165) is 5.56 Å². The molecule has 1 aliphatic carbocycles. The third-order valence-electron chi connectivity index (χ3n) is 3.79. The first-order valence-electron chi connectivity index (χ1n) is 6.64. The van der Waals surface area contributed by atoms with E-state index in [4.69, 9.17) is 4.74 Å². The molecule has 0 heterocycles. The van der Waals surface area contributed by atoms with Crippen LogP contribution in [0.3, 0.4) is 0 Å². The molecule has 0 saturated heterocycles. The van der Waals surface area contributed by atoms with E-state index >= 15 is 0 Å². The molecule has 0 spiro atoms. The number of benzene rings is 1. The van der Waals surface area contributed by atoms with Gasteiger partial charge in [-0.15, -0.1) is 0 Å². The lowest BCUT2D eigenvalue weighted by Gasteiger charge is -2.27. The summed E-state index contributed by atoms with van der Waals surface area (Å²) in [7, 11) is 3.77. The van der Waals surface area contributed by atoms with Crippen molar-refractivity contribution in [3.8, 4) is 0 Å². The summed E-state index contributed by atoms with van der Waals surface area (Å²) < 4.78 is 14.1. The maximum Gasteiger partial charge on any atom is 0.408 e. The van der Waals surface area contributed by atoms with Crippen LogP contribution in [0, 0.1) is 0 Å². The Bertz CT molecular complexity index is 626. The number of hydrogen-bond acceptors (Lipinski definition) is 6. The lowest BCUT2D eigenvalue weighted by atomic mass is 9.91. The van der Waals surface area contributed by atoms with Crippen molar-refractivity contribution in [2.75, 3.05) is 21.3 Å². The van der Waals surface area contributed by atoms with Gasteiger partial charge >= 0.3 is 18.0 Å². The Labute approximate surface area is 127 Å². The van der Waals surface area contributed by atoms with Crippen LogP contribution in [0.5, 0.6) is 0 Å². The number of nitrogens with one attached hydrogen (secondary N) is 1. The number of esters is 2. The average Bonchev–Trinajstić information content (AvgIpc) is 2.92. The summed E-state index contributed by atoms with van der Waals surface area (Å²) in [6.45, 7) is 0. The van der Waals surface area contributed by atoms with Crippen molar-refractivity contribution < 1.29 is 28.6 Å². The Balaban J connectivity index is 2.47. The second-order valence-electron chi connectivity index (χ2n) is 4.88. The lowest BCUT2D eigenvalue weighted by molar-refractivity contribution is -0.148. The van der Waals surface area contributed by atoms with Gasteiger partial charge in [-0.05, 0) is 36.1 Å². The fourth-order valence-corrected chi connectivity index (χ4v) is 2.71. The van der Waals surface area contributed by atoms with E-state index in [2.05, 4.69) is 14.8 Å². The monoisotopic (exact) mass is 307 g/mol. The van der Waals surface area contributed by atoms with E-state index in [1.54, 1.807) is 18.2 Å². The molecule has 7 nitrogen and oxygen atoms in total. The van der Waals surface area contributed by atoms with Crippen molar-refractivity contribution in [3.05, 3.63) is 34.9 Å². The summed E-state index contributed by atoms with van der Waals surface area (Å²) in [5.41, 5.74) is 0.466. The second-order valence-corrected chi connectivity index (χ2v) is 4.88. The first-order valence-corrected chi connectivity index (χ1v) is 6.64. The van der Waals surface area contributed by atoms with Crippen LogP contribution in [-0.2, 0) is 31.0 Å². The molecule has 0 saturated carbocycles. The molecule has 1 aromatic rings. The number of fused-ring (bicyclic) bond motifs is 1. The number of hydrogen-bond donors (Lipinski definition) is 1. The van der Waals surface area contributed by atoms with Crippen molar-refractivity contribution in [1.82, 2.24) is 5.32 Å². The zero-order valence-corrected chi connectivity index (χ0v) is 12.6. The van der Waals surface area contributed by atoms with E-state index in [0.29, 0.717) is 24.0 Å². The molecule has 1 aromatic carbocycles. The molecule has 0 fully saturated rings. The van der Waals surface area contributed by atoms with E-state index < -0.39 is 23.6 Å². The molecule has 1 atom stereocenters. The zero-order valence-electron chi connectivity index (χ0n) is 12.6. The predicted molar refractivity (Wildman–Crippen MR) is 75.3 cm³/mol. The van der Waals surface area contributed by atoms with Crippen LogP contribution in [0.1, 0.15) is 27.9 Å². The van der Waals surface area contributed by atoms with E-state index in [1.807, 2.05) is 0 Å². The van der Waals surface area contributed by atoms with Gasteiger partial charge < -0.3 is 19.5 Å². The lowest BCUT2D eigenvalue weighted by Crippen LogP contribution is -2.51. The number of methoxy groups -OCH3 is 3. The third kappa shape index (κ3) is 2.49. The Hall–Kier alpha value is -2.57. The molecule has 0 aliphatic heterocycles. The van der Waals surface area contributed by atoms with Crippen molar-refractivity contribution in [1.29, 1.82) is 0 Å². The number of amides is 1. The number of carbonyl (C=O) groups is 3. The Kier molecular flexibility index (Phi) is 4.35. The normalized spacial score (nSPS) is 19.0. The molecular weight excluding hydrogens is 290 g/mol. The number of aryl methyl sites for hydroxylation is 1. The molecule has 118 valence electrons. The fourth-order valence-electron chi connectivity index (χ4n) is 2.71.